The van der Waals surface area contributed by atoms with E-state index in [2.05, 4.69) is 31.9 Å². The van der Waals surface area contributed by atoms with Gasteiger partial charge in [0.25, 0.3) is 0 Å². The average Bonchev–Trinajstić information content (AvgIpc) is 2.45. The normalized spacial score (nSPS) is 10.8. The lowest BCUT2D eigenvalue weighted by molar-refractivity contribution is -0.112. The molecule has 0 aliphatic carbocycles. The molecule has 21 heavy (non-hydrogen) atoms. The molecule has 0 aliphatic heterocycles. The van der Waals surface area contributed by atoms with Crippen molar-refractivity contribution in [3.05, 3.63) is 68.6 Å². The molecule has 0 amide bonds. The molecular weight excluding hydrogens is 396 g/mol. The molecular formula is C17H14Br2O2. The molecule has 0 saturated carbocycles. The van der Waals surface area contributed by atoms with E-state index in [0.29, 0.717) is 6.61 Å². The quantitative estimate of drug-likeness (QED) is 0.618. The standard InChI is InChI=1S/C17H14Br2O2/c1-12(20)7-8-14-9-15(18)17(16(19)10-14)21-11-13-5-3-2-4-6-13/h2-10H,11H2,1H3/b8-7+. The Labute approximate surface area is 141 Å². The molecule has 0 N–H and O–H groups in total. The number of halogens is 2. The summed E-state index contributed by atoms with van der Waals surface area (Å²) in [6.07, 6.45) is 3.32. The van der Waals surface area contributed by atoms with Gasteiger partial charge in [0, 0.05) is 0 Å². The van der Waals surface area contributed by atoms with Crippen LogP contribution in [-0.4, -0.2) is 5.78 Å². The van der Waals surface area contributed by atoms with Crippen molar-refractivity contribution in [1.29, 1.82) is 0 Å². The molecule has 0 heterocycles. The molecule has 2 aromatic rings. The molecule has 0 atom stereocenters. The molecule has 0 unspecified atom stereocenters. The van der Waals surface area contributed by atoms with Gasteiger partial charge in [0.2, 0.25) is 0 Å². The SMILES string of the molecule is CC(=O)/C=C/c1cc(Br)c(OCc2ccccc2)c(Br)c1. The average molecular weight is 410 g/mol. The first-order chi connectivity index (χ1) is 10.1. The van der Waals surface area contributed by atoms with Gasteiger partial charge in [-0.3, -0.25) is 4.79 Å². The van der Waals surface area contributed by atoms with E-state index < -0.39 is 0 Å². The maximum atomic E-state index is 11.0. The summed E-state index contributed by atoms with van der Waals surface area (Å²) in [6.45, 7) is 2.03. The number of benzene rings is 2. The van der Waals surface area contributed by atoms with E-state index in [1.807, 2.05) is 42.5 Å². The van der Waals surface area contributed by atoms with Gasteiger partial charge < -0.3 is 4.74 Å². The van der Waals surface area contributed by atoms with E-state index in [1.54, 1.807) is 12.2 Å². The van der Waals surface area contributed by atoms with Gasteiger partial charge in [0.15, 0.2) is 5.78 Å². The highest BCUT2D eigenvalue weighted by Gasteiger charge is 2.08. The number of rotatable bonds is 5. The van der Waals surface area contributed by atoms with E-state index in [4.69, 9.17) is 4.74 Å². The summed E-state index contributed by atoms with van der Waals surface area (Å²) in [7, 11) is 0. The first-order valence-corrected chi connectivity index (χ1v) is 7.99. The van der Waals surface area contributed by atoms with Crippen LogP contribution in [0.25, 0.3) is 6.08 Å². The second kappa shape index (κ2) is 7.57. The largest absolute Gasteiger partial charge is 0.487 e. The van der Waals surface area contributed by atoms with Gasteiger partial charge in [-0.25, -0.2) is 0 Å². The van der Waals surface area contributed by atoms with Crippen molar-refractivity contribution in [2.45, 2.75) is 13.5 Å². The Balaban J connectivity index is 2.15. The van der Waals surface area contributed by atoms with Crippen molar-refractivity contribution in [3.8, 4) is 5.75 Å². The topological polar surface area (TPSA) is 26.3 Å². The maximum Gasteiger partial charge on any atom is 0.152 e. The third-order valence-corrected chi connectivity index (χ3v) is 3.94. The monoisotopic (exact) mass is 408 g/mol. The van der Waals surface area contributed by atoms with Gasteiger partial charge in [-0.05, 0) is 68.1 Å². The predicted molar refractivity (Wildman–Crippen MR) is 92.3 cm³/mol. The smallest absolute Gasteiger partial charge is 0.152 e. The minimum absolute atomic E-state index is 0.0200. The molecule has 0 spiro atoms. The van der Waals surface area contributed by atoms with Crippen LogP contribution in [0.1, 0.15) is 18.1 Å². The van der Waals surface area contributed by atoms with E-state index in [-0.39, 0.29) is 5.78 Å². The number of ketones is 1. The van der Waals surface area contributed by atoms with Crippen molar-refractivity contribution in [2.75, 3.05) is 0 Å². The van der Waals surface area contributed by atoms with Crippen LogP contribution >= 0.6 is 31.9 Å². The third kappa shape index (κ3) is 4.83. The van der Waals surface area contributed by atoms with Crippen LogP contribution in [0.2, 0.25) is 0 Å². The Morgan fingerprint density at radius 3 is 2.33 bits per heavy atom. The molecule has 0 bridgehead atoms. The van der Waals surface area contributed by atoms with E-state index >= 15 is 0 Å². The molecule has 108 valence electrons. The Morgan fingerprint density at radius 1 is 1.14 bits per heavy atom. The number of hydrogen-bond donors (Lipinski definition) is 0. The summed E-state index contributed by atoms with van der Waals surface area (Å²) in [5.41, 5.74) is 2.04. The van der Waals surface area contributed by atoms with Crippen LogP contribution in [0.15, 0.2) is 57.5 Å². The zero-order valence-electron chi connectivity index (χ0n) is 11.5. The van der Waals surface area contributed by atoms with Crippen molar-refractivity contribution in [1.82, 2.24) is 0 Å². The number of allylic oxidation sites excluding steroid dienone is 1. The summed E-state index contributed by atoms with van der Waals surface area (Å²) in [4.78, 5) is 11.0. The molecule has 2 aromatic carbocycles. The number of ether oxygens (including phenoxy) is 1. The van der Waals surface area contributed by atoms with Gasteiger partial charge >= 0.3 is 0 Å². The minimum Gasteiger partial charge on any atom is -0.487 e. The highest BCUT2D eigenvalue weighted by molar-refractivity contribution is 9.11. The zero-order valence-corrected chi connectivity index (χ0v) is 14.6. The van der Waals surface area contributed by atoms with E-state index in [9.17, 15) is 4.79 Å². The van der Waals surface area contributed by atoms with Gasteiger partial charge in [-0.2, -0.15) is 0 Å². The first-order valence-electron chi connectivity index (χ1n) is 6.40. The van der Waals surface area contributed by atoms with Gasteiger partial charge in [0.1, 0.15) is 12.4 Å². The van der Waals surface area contributed by atoms with Crippen LogP contribution in [-0.2, 0) is 11.4 Å². The van der Waals surface area contributed by atoms with Crippen molar-refractivity contribution < 1.29 is 9.53 Å². The Morgan fingerprint density at radius 2 is 1.76 bits per heavy atom. The Kier molecular flexibility index (Phi) is 5.76. The van der Waals surface area contributed by atoms with Gasteiger partial charge in [-0.1, -0.05) is 36.4 Å². The summed E-state index contributed by atoms with van der Waals surface area (Å²) >= 11 is 7.01. The second-order valence-electron chi connectivity index (χ2n) is 4.53. The molecule has 0 saturated heterocycles. The molecule has 4 heteroatoms. The van der Waals surface area contributed by atoms with Crippen LogP contribution in [0.5, 0.6) is 5.75 Å². The minimum atomic E-state index is 0.0200. The van der Waals surface area contributed by atoms with E-state index in [0.717, 1.165) is 25.8 Å². The molecule has 2 nitrogen and oxygen atoms in total. The second-order valence-corrected chi connectivity index (χ2v) is 6.24. The Bertz CT molecular complexity index is 641. The lowest BCUT2D eigenvalue weighted by Gasteiger charge is -2.11. The fraction of sp³-hybridized carbons (Fsp3) is 0.118. The summed E-state index contributed by atoms with van der Waals surface area (Å²) in [6, 6.07) is 13.8. The fourth-order valence-corrected chi connectivity index (χ4v) is 3.21. The van der Waals surface area contributed by atoms with E-state index in [1.165, 1.54) is 6.92 Å². The molecule has 0 aliphatic rings. The summed E-state index contributed by atoms with van der Waals surface area (Å²) in [5.74, 6) is 0.769. The zero-order chi connectivity index (χ0) is 15.2. The maximum absolute atomic E-state index is 11.0. The van der Waals surface area contributed by atoms with Crippen LogP contribution in [0, 0.1) is 0 Å². The Hall–Kier alpha value is -1.39. The van der Waals surface area contributed by atoms with Gasteiger partial charge in [0.05, 0.1) is 8.95 Å². The molecule has 0 fully saturated rings. The number of carbonyl (C=O) groups excluding carboxylic acids is 1. The first kappa shape index (κ1) is 16.0. The predicted octanol–water partition coefficient (Wildman–Crippen LogP) is 5.39. The van der Waals surface area contributed by atoms with Gasteiger partial charge in [-0.15, -0.1) is 0 Å². The number of hydrogen-bond acceptors (Lipinski definition) is 2. The molecule has 0 radical (unpaired) electrons. The highest BCUT2D eigenvalue weighted by atomic mass is 79.9. The van der Waals surface area contributed by atoms with Crippen molar-refractivity contribution >= 4 is 43.7 Å². The lowest BCUT2D eigenvalue weighted by Crippen LogP contribution is -1.97. The lowest BCUT2D eigenvalue weighted by atomic mass is 10.2. The van der Waals surface area contributed by atoms with Crippen molar-refractivity contribution in [3.63, 3.8) is 0 Å². The summed E-state index contributed by atoms with van der Waals surface area (Å²) in [5, 5.41) is 0. The van der Waals surface area contributed by atoms with Crippen LogP contribution in [0.4, 0.5) is 0 Å². The molecule has 2 rings (SSSR count). The van der Waals surface area contributed by atoms with Crippen LogP contribution < -0.4 is 4.74 Å². The summed E-state index contributed by atoms with van der Waals surface area (Å²) < 4.78 is 7.54. The highest BCUT2D eigenvalue weighted by Crippen LogP contribution is 2.35. The fourth-order valence-electron chi connectivity index (χ4n) is 1.76. The van der Waals surface area contributed by atoms with Crippen molar-refractivity contribution in [2.24, 2.45) is 0 Å². The number of carbonyl (C=O) groups is 1. The van der Waals surface area contributed by atoms with Crippen LogP contribution in [0.3, 0.4) is 0 Å². The molecule has 0 aromatic heterocycles. The third-order valence-electron chi connectivity index (χ3n) is 2.76.